The summed E-state index contributed by atoms with van der Waals surface area (Å²) in [7, 11) is 0. The monoisotopic (exact) mass is 434 g/mol. The first-order chi connectivity index (χ1) is 13.1. The Morgan fingerprint density at radius 2 is 2.11 bits per heavy atom. The maximum absolute atomic E-state index is 13.1. The number of fused-ring (bicyclic) bond motifs is 1. The molecule has 2 atom stereocenters. The third-order valence-corrected chi connectivity index (χ3v) is 5.90. The van der Waals surface area contributed by atoms with Gasteiger partial charge in [-0.3, -0.25) is 9.59 Å². The highest BCUT2D eigenvalue weighted by Gasteiger charge is 2.42. The van der Waals surface area contributed by atoms with Crippen LogP contribution in [0, 0.1) is 0 Å². The van der Waals surface area contributed by atoms with E-state index >= 15 is 0 Å². The average molecular weight is 435 g/mol. The molecule has 0 aromatic heterocycles. The van der Waals surface area contributed by atoms with Gasteiger partial charge in [0.1, 0.15) is 12.6 Å². The quantitative estimate of drug-likeness (QED) is 0.545. The topological polar surface area (TPSA) is 58.6 Å². The van der Waals surface area contributed by atoms with Crippen LogP contribution in [-0.2, 0) is 14.3 Å². The van der Waals surface area contributed by atoms with E-state index in [9.17, 15) is 9.59 Å². The largest absolute Gasteiger partial charge is 0.482 e. The minimum atomic E-state index is -0.195. The van der Waals surface area contributed by atoms with Gasteiger partial charge in [0, 0.05) is 11.0 Å². The number of nitrogens with zero attached hydrogens (tertiary/aromatic N) is 1. The zero-order valence-electron chi connectivity index (χ0n) is 15.7. The van der Waals surface area contributed by atoms with Gasteiger partial charge >= 0.3 is 0 Å². The Morgan fingerprint density at radius 3 is 2.89 bits per heavy atom. The van der Waals surface area contributed by atoms with Crippen LogP contribution in [0.1, 0.15) is 51.0 Å². The van der Waals surface area contributed by atoms with E-state index in [4.69, 9.17) is 4.74 Å². The van der Waals surface area contributed by atoms with Crippen LogP contribution >= 0.6 is 15.9 Å². The SMILES string of the molecule is CCCCNC(=O)CN1C(=O)/C(=C\c2ccccc2Br)OC2CCCCC21. The second kappa shape index (κ2) is 9.40. The number of hydrogen-bond donors (Lipinski definition) is 1. The van der Waals surface area contributed by atoms with E-state index in [0.717, 1.165) is 48.6 Å². The Bertz CT molecular complexity index is 719. The van der Waals surface area contributed by atoms with Crippen LogP contribution < -0.4 is 5.32 Å². The van der Waals surface area contributed by atoms with Gasteiger partial charge in [-0.05, 0) is 43.4 Å². The lowest BCUT2D eigenvalue weighted by atomic mass is 9.89. The van der Waals surface area contributed by atoms with Crippen LogP contribution in [0.3, 0.4) is 0 Å². The minimum absolute atomic E-state index is 0.0143. The molecule has 1 aliphatic carbocycles. The van der Waals surface area contributed by atoms with E-state index < -0.39 is 0 Å². The van der Waals surface area contributed by atoms with Crippen molar-refractivity contribution in [3.8, 4) is 0 Å². The zero-order chi connectivity index (χ0) is 19.2. The number of halogens is 1. The van der Waals surface area contributed by atoms with Gasteiger partial charge in [0.15, 0.2) is 5.76 Å². The predicted molar refractivity (Wildman–Crippen MR) is 109 cm³/mol. The van der Waals surface area contributed by atoms with Crippen molar-refractivity contribution in [2.24, 2.45) is 0 Å². The normalized spacial score (nSPS) is 23.7. The van der Waals surface area contributed by atoms with Crippen LogP contribution in [0.25, 0.3) is 6.08 Å². The Balaban J connectivity index is 1.80. The number of amides is 2. The van der Waals surface area contributed by atoms with Crippen LogP contribution in [0.15, 0.2) is 34.5 Å². The predicted octanol–water partition coefficient (Wildman–Crippen LogP) is 3.88. The fourth-order valence-electron chi connectivity index (χ4n) is 3.71. The molecule has 2 unspecified atom stereocenters. The van der Waals surface area contributed by atoms with Crippen molar-refractivity contribution in [1.82, 2.24) is 10.2 Å². The molecule has 1 N–H and O–H groups in total. The molecule has 146 valence electrons. The first kappa shape index (κ1) is 19.9. The highest BCUT2D eigenvalue weighted by Crippen LogP contribution is 2.33. The maximum Gasteiger partial charge on any atom is 0.289 e. The molecular weight excluding hydrogens is 408 g/mol. The van der Waals surface area contributed by atoms with E-state index in [1.807, 2.05) is 24.3 Å². The lowest BCUT2D eigenvalue weighted by molar-refractivity contribution is -0.151. The molecule has 2 aliphatic rings. The van der Waals surface area contributed by atoms with Gasteiger partial charge < -0.3 is 15.0 Å². The van der Waals surface area contributed by atoms with Crippen LogP contribution in [-0.4, -0.2) is 41.9 Å². The molecule has 1 heterocycles. The maximum atomic E-state index is 13.1. The summed E-state index contributed by atoms with van der Waals surface area (Å²) in [5.41, 5.74) is 0.891. The van der Waals surface area contributed by atoms with Crippen molar-refractivity contribution in [1.29, 1.82) is 0 Å². The fraction of sp³-hybridized carbons (Fsp3) is 0.524. The van der Waals surface area contributed by atoms with Crippen molar-refractivity contribution in [3.05, 3.63) is 40.1 Å². The second-order valence-corrected chi connectivity index (χ2v) is 8.03. The number of benzene rings is 1. The molecule has 0 radical (unpaired) electrons. The first-order valence-electron chi connectivity index (χ1n) is 9.80. The number of hydrogen-bond acceptors (Lipinski definition) is 3. The van der Waals surface area contributed by atoms with Crippen LogP contribution in [0.4, 0.5) is 0 Å². The highest BCUT2D eigenvalue weighted by molar-refractivity contribution is 9.10. The van der Waals surface area contributed by atoms with E-state index in [1.54, 1.807) is 11.0 Å². The number of rotatable bonds is 6. The molecule has 5 nitrogen and oxygen atoms in total. The van der Waals surface area contributed by atoms with Gasteiger partial charge in [-0.2, -0.15) is 0 Å². The van der Waals surface area contributed by atoms with Crippen molar-refractivity contribution >= 4 is 33.8 Å². The highest BCUT2D eigenvalue weighted by atomic mass is 79.9. The van der Waals surface area contributed by atoms with Crippen molar-refractivity contribution in [3.63, 3.8) is 0 Å². The second-order valence-electron chi connectivity index (χ2n) is 7.17. The lowest BCUT2D eigenvalue weighted by Crippen LogP contribution is -2.57. The Hall–Kier alpha value is -1.82. The van der Waals surface area contributed by atoms with E-state index in [0.29, 0.717) is 12.3 Å². The van der Waals surface area contributed by atoms with E-state index in [-0.39, 0.29) is 30.5 Å². The summed E-state index contributed by atoms with van der Waals surface area (Å²) < 4.78 is 7.00. The summed E-state index contributed by atoms with van der Waals surface area (Å²) in [5, 5.41) is 2.92. The number of nitrogens with one attached hydrogen (secondary N) is 1. The van der Waals surface area contributed by atoms with Crippen molar-refractivity contribution in [2.75, 3.05) is 13.1 Å². The summed E-state index contributed by atoms with van der Waals surface area (Å²) in [6.07, 6.45) is 7.68. The van der Waals surface area contributed by atoms with Crippen LogP contribution in [0.5, 0.6) is 0 Å². The van der Waals surface area contributed by atoms with E-state index in [1.165, 1.54) is 0 Å². The molecular formula is C21H27BrN2O3. The number of morpholine rings is 1. The number of unbranched alkanes of at least 4 members (excludes halogenated alkanes) is 1. The lowest BCUT2D eigenvalue weighted by Gasteiger charge is -2.44. The molecule has 2 fully saturated rings. The molecule has 0 spiro atoms. The molecule has 27 heavy (non-hydrogen) atoms. The van der Waals surface area contributed by atoms with Gasteiger partial charge in [-0.1, -0.05) is 53.9 Å². The van der Waals surface area contributed by atoms with E-state index in [2.05, 4.69) is 28.2 Å². The Kier molecular flexibility index (Phi) is 6.94. The molecule has 1 aromatic carbocycles. The average Bonchev–Trinajstić information content (AvgIpc) is 2.67. The summed E-state index contributed by atoms with van der Waals surface area (Å²) in [6, 6.07) is 7.71. The fourth-order valence-corrected chi connectivity index (χ4v) is 4.11. The Morgan fingerprint density at radius 1 is 1.33 bits per heavy atom. The molecule has 6 heteroatoms. The summed E-state index contributed by atoms with van der Waals surface area (Å²) >= 11 is 3.51. The van der Waals surface area contributed by atoms with Gasteiger partial charge in [-0.25, -0.2) is 0 Å². The standard InChI is InChI=1S/C21H27BrN2O3/c1-2-3-12-23-20(25)14-24-17-10-6-7-11-18(17)27-19(21(24)26)13-15-8-4-5-9-16(15)22/h4-5,8-9,13,17-18H,2-3,6-7,10-12,14H2,1H3,(H,23,25)/b19-13+. The third-order valence-electron chi connectivity index (χ3n) is 5.18. The molecule has 1 saturated carbocycles. The van der Waals surface area contributed by atoms with Crippen molar-refractivity contribution < 1.29 is 14.3 Å². The summed E-state index contributed by atoms with van der Waals surface area (Å²) in [5.74, 6) is 0.0363. The summed E-state index contributed by atoms with van der Waals surface area (Å²) in [4.78, 5) is 27.2. The van der Waals surface area contributed by atoms with Gasteiger partial charge in [-0.15, -0.1) is 0 Å². The van der Waals surface area contributed by atoms with Gasteiger partial charge in [0.05, 0.1) is 6.04 Å². The molecule has 0 bridgehead atoms. The molecule has 1 aromatic rings. The minimum Gasteiger partial charge on any atom is -0.482 e. The smallest absolute Gasteiger partial charge is 0.289 e. The number of ether oxygens (including phenoxy) is 1. The van der Waals surface area contributed by atoms with Gasteiger partial charge in [0.25, 0.3) is 5.91 Å². The van der Waals surface area contributed by atoms with Crippen LogP contribution in [0.2, 0.25) is 0 Å². The molecule has 1 saturated heterocycles. The summed E-state index contributed by atoms with van der Waals surface area (Å²) in [6.45, 7) is 2.84. The van der Waals surface area contributed by atoms with Crippen molar-refractivity contribution in [2.45, 2.75) is 57.6 Å². The first-order valence-corrected chi connectivity index (χ1v) is 10.6. The van der Waals surface area contributed by atoms with Gasteiger partial charge in [0.2, 0.25) is 5.91 Å². The number of carbonyl (C=O) groups is 2. The molecule has 1 aliphatic heterocycles. The zero-order valence-corrected chi connectivity index (χ0v) is 17.3. The Labute approximate surface area is 169 Å². The molecule has 2 amide bonds. The number of carbonyl (C=O) groups excluding carboxylic acids is 2. The third kappa shape index (κ3) is 4.92. The molecule has 3 rings (SSSR count).